The lowest BCUT2D eigenvalue weighted by Gasteiger charge is -2.22. The molecule has 1 aromatic carbocycles. The first-order chi connectivity index (χ1) is 15.9. The minimum atomic E-state index is -0.804. The van der Waals surface area contributed by atoms with E-state index in [9.17, 15) is 14.4 Å². The number of pyridine rings is 1. The number of aromatic nitrogens is 1. The van der Waals surface area contributed by atoms with Gasteiger partial charge in [-0.05, 0) is 60.6 Å². The molecule has 2 N–H and O–H groups in total. The van der Waals surface area contributed by atoms with E-state index in [4.69, 9.17) is 4.74 Å². The lowest BCUT2D eigenvalue weighted by Crippen LogP contribution is -2.51. The summed E-state index contributed by atoms with van der Waals surface area (Å²) < 4.78 is 5.55. The van der Waals surface area contributed by atoms with Gasteiger partial charge in [0.25, 0.3) is 0 Å². The highest BCUT2D eigenvalue weighted by molar-refractivity contribution is 7.98. The van der Waals surface area contributed by atoms with Gasteiger partial charge in [0, 0.05) is 11.9 Å². The average molecular weight is 490 g/mol. The summed E-state index contributed by atoms with van der Waals surface area (Å²) in [6.07, 6.45) is 5.11. The van der Waals surface area contributed by atoms with Crippen LogP contribution < -0.4 is 15.4 Å². The molecular weight excluding hydrogens is 458 g/mol. The molecule has 9 heteroatoms. The SMILES string of the molecule is CSCCC(NC=O)C(=O)NC(CC(C)C)C(=O)Oc1ccc(CSc2ccccn2)cc1. The zero-order chi connectivity index (χ0) is 24.1. The van der Waals surface area contributed by atoms with E-state index in [1.807, 2.05) is 50.4 Å². The van der Waals surface area contributed by atoms with Crippen molar-refractivity contribution in [1.82, 2.24) is 15.6 Å². The quantitative estimate of drug-likeness (QED) is 0.181. The number of carbonyl (C=O) groups excluding carboxylic acids is 3. The Labute approximate surface area is 203 Å². The van der Waals surface area contributed by atoms with E-state index in [0.29, 0.717) is 30.8 Å². The second-order valence-electron chi connectivity index (χ2n) is 7.83. The third-order valence-corrected chi connectivity index (χ3v) is 6.33. The number of hydrogen-bond donors (Lipinski definition) is 2. The molecule has 33 heavy (non-hydrogen) atoms. The van der Waals surface area contributed by atoms with Gasteiger partial charge in [-0.25, -0.2) is 9.78 Å². The fourth-order valence-electron chi connectivity index (χ4n) is 3.00. The molecule has 0 aliphatic carbocycles. The Bertz CT molecular complexity index is 879. The molecule has 178 valence electrons. The molecule has 0 spiro atoms. The van der Waals surface area contributed by atoms with Gasteiger partial charge in [-0.1, -0.05) is 32.0 Å². The van der Waals surface area contributed by atoms with Gasteiger partial charge in [-0.15, -0.1) is 11.8 Å². The predicted molar refractivity (Wildman–Crippen MR) is 133 cm³/mol. The van der Waals surface area contributed by atoms with E-state index >= 15 is 0 Å². The van der Waals surface area contributed by atoms with E-state index in [0.717, 1.165) is 16.3 Å². The molecule has 0 aliphatic heterocycles. The number of esters is 1. The molecule has 2 atom stereocenters. The van der Waals surface area contributed by atoms with Crippen molar-refractivity contribution in [1.29, 1.82) is 0 Å². The molecule has 0 saturated heterocycles. The molecule has 2 rings (SSSR count). The minimum Gasteiger partial charge on any atom is -0.425 e. The van der Waals surface area contributed by atoms with Gasteiger partial charge < -0.3 is 15.4 Å². The van der Waals surface area contributed by atoms with E-state index in [1.165, 1.54) is 0 Å². The number of amides is 2. The largest absolute Gasteiger partial charge is 0.425 e. The number of ether oxygens (including phenoxy) is 1. The van der Waals surface area contributed by atoms with Gasteiger partial charge >= 0.3 is 5.97 Å². The summed E-state index contributed by atoms with van der Waals surface area (Å²) in [5.74, 6) is 1.13. The van der Waals surface area contributed by atoms with Crippen LogP contribution in [0.5, 0.6) is 5.75 Å². The third kappa shape index (κ3) is 9.88. The predicted octanol–water partition coefficient (Wildman–Crippen LogP) is 3.68. The second kappa shape index (κ2) is 14.6. The summed E-state index contributed by atoms with van der Waals surface area (Å²) in [7, 11) is 0. The number of hydrogen-bond acceptors (Lipinski definition) is 7. The number of thioether (sulfide) groups is 2. The van der Waals surface area contributed by atoms with Crippen molar-refractivity contribution < 1.29 is 19.1 Å². The first-order valence-electron chi connectivity index (χ1n) is 10.8. The lowest BCUT2D eigenvalue weighted by molar-refractivity contribution is -0.140. The Morgan fingerprint density at radius 3 is 2.48 bits per heavy atom. The zero-order valence-corrected chi connectivity index (χ0v) is 20.8. The summed E-state index contributed by atoms with van der Waals surface area (Å²) in [6, 6.07) is 11.6. The highest BCUT2D eigenvalue weighted by Crippen LogP contribution is 2.22. The first kappa shape index (κ1) is 26.7. The van der Waals surface area contributed by atoms with Gasteiger partial charge in [0.1, 0.15) is 17.8 Å². The van der Waals surface area contributed by atoms with Crippen molar-refractivity contribution in [2.24, 2.45) is 5.92 Å². The Hall–Kier alpha value is -2.52. The van der Waals surface area contributed by atoms with Crippen LogP contribution in [-0.4, -0.2) is 47.4 Å². The Morgan fingerprint density at radius 2 is 1.88 bits per heavy atom. The van der Waals surface area contributed by atoms with Crippen LogP contribution in [0, 0.1) is 5.92 Å². The fraction of sp³-hybridized carbons (Fsp3) is 0.417. The lowest BCUT2D eigenvalue weighted by atomic mass is 10.0. The zero-order valence-electron chi connectivity index (χ0n) is 19.2. The standard InChI is InChI=1S/C24H31N3O4S2/c1-17(2)14-21(27-23(29)20(26-16-28)11-13-32-3)24(30)31-19-9-7-18(8-10-19)15-33-22-6-4-5-12-25-22/h4-10,12,16-17,20-21H,11,13-15H2,1-3H3,(H,26,28)(H,27,29). The molecule has 0 fully saturated rings. The number of nitrogens with one attached hydrogen (secondary N) is 2. The van der Waals surface area contributed by atoms with E-state index < -0.39 is 18.1 Å². The minimum absolute atomic E-state index is 0.164. The topological polar surface area (TPSA) is 97.4 Å². The molecule has 1 aromatic heterocycles. The van der Waals surface area contributed by atoms with Crippen molar-refractivity contribution in [3.05, 3.63) is 54.2 Å². The van der Waals surface area contributed by atoms with Gasteiger partial charge in [-0.3, -0.25) is 9.59 Å². The smallest absolute Gasteiger partial charge is 0.334 e. The fourth-order valence-corrected chi connectivity index (χ4v) is 4.29. The Kier molecular flexibility index (Phi) is 11.8. The maximum absolute atomic E-state index is 12.8. The van der Waals surface area contributed by atoms with Crippen LogP contribution in [0.2, 0.25) is 0 Å². The second-order valence-corrected chi connectivity index (χ2v) is 9.81. The summed E-state index contributed by atoms with van der Waals surface area (Å²) in [6.45, 7) is 3.94. The van der Waals surface area contributed by atoms with Crippen molar-refractivity contribution in [2.45, 2.75) is 49.6 Å². The summed E-state index contributed by atoms with van der Waals surface area (Å²) >= 11 is 3.21. The van der Waals surface area contributed by atoms with E-state index in [1.54, 1.807) is 41.9 Å². The molecule has 2 unspecified atom stereocenters. The molecule has 2 amide bonds. The highest BCUT2D eigenvalue weighted by atomic mass is 32.2. The molecular formula is C24H31N3O4S2. The van der Waals surface area contributed by atoms with Gasteiger partial charge in [0.15, 0.2) is 0 Å². The van der Waals surface area contributed by atoms with Gasteiger partial charge in [0.2, 0.25) is 12.3 Å². The van der Waals surface area contributed by atoms with E-state index in [2.05, 4.69) is 15.6 Å². The van der Waals surface area contributed by atoms with Crippen LogP contribution >= 0.6 is 23.5 Å². The highest BCUT2D eigenvalue weighted by Gasteiger charge is 2.27. The van der Waals surface area contributed by atoms with Crippen LogP contribution in [0.3, 0.4) is 0 Å². The van der Waals surface area contributed by atoms with Crippen molar-refractivity contribution in [2.75, 3.05) is 12.0 Å². The van der Waals surface area contributed by atoms with Crippen molar-refractivity contribution in [3.8, 4) is 5.75 Å². The monoisotopic (exact) mass is 489 g/mol. The van der Waals surface area contributed by atoms with E-state index in [-0.39, 0.29) is 11.8 Å². The molecule has 0 bridgehead atoms. The molecule has 2 aromatic rings. The Morgan fingerprint density at radius 1 is 1.12 bits per heavy atom. The maximum atomic E-state index is 12.8. The first-order valence-corrected chi connectivity index (χ1v) is 13.1. The van der Waals surface area contributed by atoms with Gasteiger partial charge in [0.05, 0.1) is 5.03 Å². The summed E-state index contributed by atoms with van der Waals surface area (Å²) in [4.78, 5) is 40.7. The average Bonchev–Trinajstić information content (AvgIpc) is 2.81. The number of carbonyl (C=O) groups is 3. The normalized spacial score (nSPS) is 12.6. The summed E-state index contributed by atoms with van der Waals surface area (Å²) in [5.41, 5.74) is 1.08. The van der Waals surface area contributed by atoms with Crippen LogP contribution in [-0.2, 0) is 20.1 Å². The van der Waals surface area contributed by atoms with Crippen LogP contribution in [0.15, 0.2) is 53.7 Å². The molecule has 0 radical (unpaired) electrons. The molecule has 7 nitrogen and oxygen atoms in total. The number of benzene rings is 1. The number of nitrogens with zero attached hydrogens (tertiary/aromatic N) is 1. The molecule has 0 aliphatic rings. The van der Waals surface area contributed by atoms with Crippen molar-refractivity contribution in [3.63, 3.8) is 0 Å². The van der Waals surface area contributed by atoms with Crippen molar-refractivity contribution >= 4 is 41.8 Å². The summed E-state index contributed by atoms with van der Waals surface area (Å²) in [5, 5.41) is 6.23. The Balaban J connectivity index is 1.97. The molecule has 1 heterocycles. The molecule has 0 saturated carbocycles. The van der Waals surface area contributed by atoms with Gasteiger partial charge in [-0.2, -0.15) is 11.8 Å². The van der Waals surface area contributed by atoms with Crippen LogP contribution in [0.4, 0.5) is 0 Å². The maximum Gasteiger partial charge on any atom is 0.334 e. The third-order valence-electron chi connectivity index (χ3n) is 4.67. The number of rotatable bonds is 14. The van der Waals surface area contributed by atoms with Crippen LogP contribution in [0.25, 0.3) is 0 Å². The van der Waals surface area contributed by atoms with Crippen LogP contribution in [0.1, 0.15) is 32.3 Å².